The zero-order chi connectivity index (χ0) is 21.1. The van der Waals surface area contributed by atoms with Crippen LogP contribution in [-0.4, -0.2) is 14.8 Å². The highest BCUT2D eigenvalue weighted by Crippen LogP contribution is 2.39. The number of nitrogens with zero attached hydrogens (tertiary/aromatic N) is 3. The largest absolute Gasteiger partial charge is 0.397 e. The van der Waals surface area contributed by atoms with Gasteiger partial charge in [0.05, 0.1) is 20.6 Å². The van der Waals surface area contributed by atoms with E-state index < -0.39 is 0 Å². The van der Waals surface area contributed by atoms with Gasteiger partial charge in [0.15, 0.2) is 0 Å². The molecule has 3 aromatic heterocycles. The first kappa shape index (κ1) is 20.6. The first-order valence-corrected chi connectivity index (χ1v) is 11.3. The molecule has 0 amide bonds. The lowest BCUT2D eigenvalue weighted by Gasteiger charge is -2.10. The van der Waals surface area contributed by atoms with Gasteiger partial charge in [-0.05, 0) is 42.5 Å². The third kappa shape index (κ3) is 4.58. The SMILES string of the molecule is CC(C)Cn1cc(-c2ccnc(CCc3ccccc3)c2N)c(-c2ccc(Cl)s2)n1. The summed E-state index contributed by atoms with van der Waals surface area (Å²) < 4.78 is 2.76. The molecule has 0 fully saturated rings. The molecule has 4 nitrogen and oxygen atoms in total. The molecule has 0 aliphatic rings. The number of hydrogen-bond donors (Lipinski definition) is 1. The Morgan fingerprint density at radius 2 is 1.83 bits per heavy atom. The quantitative estimate of drug-likeness (QED) is 0.367. The Kier molecular flexibility index (Phi) is 6.21. The van der Waals surface area contributed by atoms with Crippen LogP contribution in [0.1, 0.15) is 25.1 Å². The van der Waals surface area contributed by atoms with E-state index in [1.54, 1.807) is 0 Å². The van der Waals surface area contributed by atoms with Crippen LogP contribution in [0, 0.1) is 5.92 Å². The number of anilines is 1. The number of halogens is 1. The Balaban J connectivity index is 1.71. The van der Waals surface area contributed by atoms with Crippen molar-refractivity contribution in [3.05, 3.63) is 76.5 Å². The van der Waals surface area contributed by atoms with Crippen molar-refractivity contribution in [3.63, 3.8) is 0 Å². The van der Waals surface area contributed by atoms with Crippen LogP contribution in [0.25, 0.3) is 21.7 Å². The van der Waals surface area contributed by atoms with Crippen molar-refractivity contribution in [2.24, 2.45) is 5.92 Å². The van der Waals surface area contributed by atoms with Crippen molar-refractivity contribution in [2.75, 3.05) is 5.73 Å². The van der Waals surface area contributed by atoms with Crippen molar-refractivity contribution >= 4 is 28.6 Å². The van der Waals surface area contributed by atoms with E-state index in [1.165, 1.54) is 16.9 Å². The van der Waals surface area contributed by atoms with Crippen molar-refractivity contribution in [1.82, 2.24) is 14.8 Å². The van der Waals surface area contributed by atoms with Crippen molar-refractivity contribution in [3.8, 4) is 21.7 Å². The van der Waals surface area contributed by atoms with E-state index in [4.69, 9.17) is 22.4 Å². The molecule has 0 bridgehead atoms. The molecule has 4 rings (SSSR count). The standard InChI is InChI=1S/C24H25ClN4S/c1-16(2)14-29-15-19(24(28-29)21-10-11-22(25)30-21)18-12-13-27-20(23(18)26)9-8-17-6-4-3-5-7-17/h3-7,10-13,15-16H,8-9,14,26H2,1-2H3. The number of aromatic nitrogens is 3. The number of aryl methyl sites for hydroxylation is 2. The third-order valence-corrected chi connectivity index (χ3v) is 6.21. The highest BCUT2D eigenvalue weighted by atomic mass is 35.5. The van der Waals surface area contributed by atoms with Crippen molar-refractivity contribution in [1.29, 1.82) is 0 Å². The molecule has 154 valence electrons. The maximum absolute atomic E-state index is 6.62. The van der Waals surface area contributed by atoms with Crippen molar-refractivity contribution in [2.45, 2.75) is 33.2 Å². The highest BCUT2D eigenvalue weighted by molar-refractivity contribution is 7.19. The molecule has 0 aliphatic carbocycles. The molecule has 3 heterocycles. The van der Waals surface area contributed by atoms with Crippen LogP contribution in [0.4, 0.5) is 5.69 Å². The lowest BCUT2D eigenvalue weighted by molar-refractivity contribution is 0.484. The molecule has 0 unspecified atom stereocenters. The fourth-order valence-electron chi connectivity index (χ4n) is 3.57. The fourth-order valence-corrected chi connectivity index (χ4v) is 4.61. The number of thiophene rings is 1. The van der Waals surface area contributed by atoms with E-state index >= 15 is 0 Å². The molecule has 0 atom stereocenters. The molecule has 0 aliphatic heterocycles. The minimum Gasteiger partial charge on any atom is -0.397 e. The van der Waals surface area contributed by atoms with Gasteiger partial charge >= 0.3 is 0 Å². The number of nitrogens with two attached hydrogens (primary N) is 1. The van der Waals surface area contributed by atoms with E-state index in [-0.39, 0.29) is 0 Å². The number of nitrogen functional groups attached to an aromatic ring is 1. The topological polar surface area (TPSA) is 56.7 Å². The summed E-state index contributed by atoms with van der Waals surface area (Å²) in [5, 5.41) is 4.87. The van der Waals surface area contributed by atoms with Gasteiger partial charge in [-0.25, -0.2) is 0 Å². The summed E-state index contributed by atoms with van der Waals surface area (Å²) in [6.45, 7) is 5.22. The predicted octanol–water partition coefficient (Wildman–Crippen LogP) is 6.35. The molecule has 0 spiro atoms. The monoisotopic (exact) mass is 436 g/mol. The second-order valence-corrected chi connectivity index (χ2v) is 9.53. The van der Waals surface area contributed by atoms with E-state index in [1.807, 2.05) is 35.1 Å². The summed E-state index contributed by atoms with van der Waals surface area (Å²) in [5.74, 6) is 0.494. The normalized spacial score (nSPS) is 11.3. The van der Waals surface area contributed by atoms with Gasteiger partial charge in [0, 0.05) is 30.1 Å². The molecule has 0 saturated carbocycles. The average molecular weight is 437 g/mol. The Morgan fingerprint density at radius 1 is 1.03 bits per heavy atom. The first-order valence-electron chi connectivity index (χ1n) is 10.1. The summed E-state index contributed by atoms with van der Waals surface area (Å²) in [6.07, 6.45) is 5.64. The zero-order valence-corrected chi connectivity index (χ0v) is 18.7. The maximum Gasteiger partial charge on any atom is 0.110 e. The molecule has 4 aromatic rings. The zero-order valence-electron chi connectivity index (χ0n) is 17.2. The van der Waals surface area contributed by atoms with Crippen LogP contribution >= 0.6 is 22.9 Å². The molecule has 30 heavy (non-hydrogen) atoms. The van der Waals surface area contributed by atoms with Crippen LogP contribution in [0.5, 0.6) is 0 Å². The molecule has 0 saturated heterocycles. The summed E-state index contributed by atoms with van der Waals surface area (Å²) in [6, 6.07) is 16.3. The Bertz CT molecular complexity index is 1130. The van der Waals surface area contributed by atoms with E-state index in [9.17, 15) is 0 Å². The van der Waals surface area contributed by atoms with Crippen molar-refractivity contribution < 1.29 is 0 Å². The summed E-state index contributed by atoms with van der Waals surface area (Å²) in [7, 11) is 0. The molecular weight excluding hydrogens is 412 g/mol. The molecular formula is C24H25ClN4S. The van der Waals surface area contributed by atoms with E-state index in [0.29, 0.717) is 5.92 Å². The maximum atomic E-state index is 6.62. The van der Waals surface area contributed by atoms with Crippen LogP contribution in [-0.2, 0) is 19.4 Å². The van der Waals surface area contributed by atoms with Gasteiger partial charge in [0.2, 0.25) is 0 Å². The van der Waals surface area contributed by atoms with Gasteiger partial charge in [-0.2, -0.15) is 5.10 Å². The van der Waals surface area contributed by atoms with Crippen LogP contribution < -0.4 is 5.73 Å². The number of benzene rings is 1. The Morgan fingerprint density at radius 3 is 2.53 bits per heavy atom. The summed E-state index contributed by atoms with van der Waals surface area (Å²) in [5.41, 5.74) is 12.5. The van der Waals surface area contributed by atoms with Gasteiger partial charge in [-0.3, -0.25) is 9.67 Å². The van der Waals surface area contributed by atoms with E-state index in [0.717, 1.165) is 56.8 Å². The number of hydrogen-bond acceptors (Lipinski definition) is 4. The van der Waals surface area contributed by atoms with Gasteiger partial charge in [-0.15, -0.1) is 11.3 Å². The number of pyridine rings is 1. The van der Waals surface area contributed by atoms with Crippen LogP contribution in [0.15, 0.2) is 60.9 Å². The molecule has 0 radical (unpaired) electrons. The third-order valence-electron chi connectivity index (χ3n) is 4.98. The van der Waals surface area contributed by atoms with E-state index in [2.05, 4.69) is 49.3 Å². The average Bonchev–Trinajstić information content (AvgIpc) is 3.33. The lowest BCUT2D eigenvalue weighted by atomic mass is 10.0. The Hall–Kier alpha value is -2.63. The minimum atomic E-state index is 0.494. The van der Waals surface area contributed by atoms with Gasteiger partial charge < -0.3 is 5.73 Å². The van der Waals surface area contributed by atoms with Crippen LogP contribution in [0.2, 0.25) is 4.34 Å². The van der Waals surface area contributed by atoms with Crippen LogP contribution in [0.3, 0.4) is 0 Å². The predicted molar refractivity (Wildman–Crippen MR) is 127 cm³/mol. The highest BCUT2D eigenvalue weighted by Gasteiger charge is 2.19. The smallest absolute Gasteiger partial charge is 0.110 e. The molecule has 1 aromatic carbocycles. The van der Waals surface area contributed by atoms with Gasteiger partial charge in [0.1, 0.15) is 5.69 Å². The second-order valence-electron chi connectivity index (χ2n) is 7.82. The molecule has 6 heteroatoms. The molecule has 2 N–H and O–H groups in total. The Labute approximate surface area is 186 Å². The van der Waals surface area contributed by atoms with Gasteiger partial charge in [-0.1, -0.05) is 55.8 Å². The fraction of sp³-hybridized carbons (Fsp3) is 0.250. The lowest BCUT2D eigenvalue weighted by Crippen LogP contribution is -2.04. The second kappa shape index (κ2) is 9.02. The minimum absolute atomic E-state index is 0.494. The number of rotatable bonds is 7. The first-order chi connectivity index (χ1) is 14.5. The van der Waals surface area contributed by atoms with Gasteiger partial charge in [0.25, 0.3) is 0 Å². The summed E-state index contributed by atoms with van der Waals surface area (Å²) >= 11 is 7.74. The summed E-state index contributed by atoms with van der Waals surface area (Å²) in [4.78, 5) is 5.61.